The summed E-state index contributed by atoms with van der Waals surface area (Å²) >= 11 is 0. The molecular weight excluding hydrogens is 196 g/mol. The van der Waals surface area contributed by atoms with E-state index in [1.165, 1.54) is 0 Å². The van der Waals surface area contributed by atoms with Gasteiger partial charge in [-0.15, -0.1) is 6.58 Å². The van der Waals surface area contributed by atoms with Crippen molar-refractivity contribution in [1.82, 2.24) is 0 Å². The fraction of sp³-hybridized carbons (Fsp3) is 0.545. The van der Waals surface area contributed by atoms with Gasteiger partial charge in [-0.25, -0.2) is 4.79 Å². The zero-order chi connectivity index (χ0) is 11.5. The highest BCUT2D eigenvalue weighted by Crippen LogP contribution is 1.91. The van der Waals surface area contributed by atoms with Crippen LogP contribution in [-0.4, -0.2) is 37.0 Å². The van der Waals surface area contributed by atoms with Gasteiger partial charge in [0.2, 0.25) is 0 Å². The molecule has 0 aliphatic heterocycles. The maximum atomic E-state index is 10.8. The number of carbonyl (C=O) groups excluding carboxylic acids is 1. The van der Waals surface area contributed by atoms with E-state index in [2.05, 4.69) is 23.2 Å². The van der Waals surface area contributed by atoms with Gasteiger partial charge < -0.3 is 14.6 Å². The first-order valence-electron chi connectivity index (χ1n) is 4.73. The molecule has 15 heavy (non-hydrogen) atoms. The molecule has 0 amide bonds. The van der Waals surface area contributed by atoms with E-state index < -0.39 is 12.1 Å². The van der Waals surface area contributed by atoms with Crippen molar-refractivity contribution in [3.8, 4) is 11.8 Å². The van der Waals surface area contributed by atoms with Gasteiger partial charge in [0.1, 0.15) is 0 Å². The standard InChI is InChI=1S/C11H16O4/c1-3-8-14-9-10(12)6-5-7-11(13)15-4-2/h3,10,12H,1,4,6,8-9H2,2H3/t10-/m1/s1. The third-order valence-electron chi connectivity index (χ3n) is 1.35. The van der Waals surface area contributed by atoms with E-state index in [-0.39, 0.29) is 13.0 Å². The summed E-state index contributed by atoms with van der Waals surface area (Å²) in [4.78, 5) is 10.8. The third-order valence-corrected chi connectivity index (χ3v) is 1.35. The average molecular weight is 212 g/mol. The Balaban J connectivity index is 3.63. The Labute approximate surface area is 89.9 Å². The monoisotopic (exact) mass is 212 g/mol. The quantitative estimate of drug-likeness (QED) is 0.229. The van der Waals surface area contributed by atoms with Crippen molar-refractivity contribution < 1.29 is 19.4 Å². The van der Waals surface area contributed by atoms with Crippen molar-refractivity contribution in [3.63, 3.8) is 0 Å². The van der Waals surface area contributed by atoms with Crippen molar-refractivity contribution in [2.45, 2.75) is 19.4 Å². The summed E-state index contributed by atoms with van der Waals surface area (Å²) in [6.45, 7) is 6.05. The summed E-state index contributed by atoms with van der Waals surface area (Å²) in [5.41, 5.74) is 0. The number of esters is 1. The number of hydrogen-bond acceptors (Lipinski definition) is 4. The maximum Gasteiger partial charge on any atom is 0.384 e. The van der Waals surface area contributed by atoms with Crippen molar-refractivity contribution in [2.24, 2.45) is 0 Å². The second-order valence-corrected chi connectivity index (χ2v) is 2.71. The van der Waals surface area contributed by atoms with Crippen LogP contribution in [-0.2, 0) is 14.3 Å². The largest absolute Gasteiger partial charge is 0.456 e. The summed E-state index contributed by atoms with van der Waals surface area (Å²) in [5, 5.41) is 9.30. The molecule has 0 saturated heterocycles. The van der Waals surface area contributed by atoms with E-state index >= 15 is 0 Å². The molecule has 0 rings (SSSR count). The number of aliphatic hydroxyl groups excluding tert-OH is 1. The Hall–Kier alpha value is -1.31. The van der Waals surface area contributed by atoms with Crippen LogP contribution < -0.4 is 0 Å². The van der Waals surface area contributed by atoms with Crippen molar-refractivity contribution in [2.75, 3.05) is 19.8 Å². The van der Waals surface area contributed by atoms with E-state index in [0.29, 0.717) is 13.2 Å². The van der Waals surface area contributed by atoms with E-state index in [0.717, 1.165) is 0 Å². The molecule has 0 aromatic rings. The van der Waals surface area contributed by atoms with Gasteiger partial charge in [0.15, 0.2) is 0 Å². The Kier molecular flexibility index (Phi) is 8.44. The lowest BCUT2D eigenvalue weighted by molar-refractivity contribution is -0.136. The molecule has 4 nitrogen and oxygen atoms in total. The van der Waals surface area contributed by atoms with Crippen LogP contribution in [0.3, 0.4) is 0 Å². The highest BCUT2D eigenvalue weighted by molar-refractivity contribution is 5.88. The number of rotatable bonds is 6. The van der Waals surface area contributed by atoms with Crippen molar-refractivity contribution >= 4 is 5.97 Å². The first kappa shape index (κ1) is 13.7. The predicted molar refractivity (Wildman–Crippen MR) is 56.0 cm³/mol. The lowest BCUT2D eigenvalue weighted by Gasteiger charge is -2.05. The van der Waals surface area contributed by atoms with Crippen LogP contribution in [0.25, 0.3) is 0 Å². The van der Waals surface area contributed by atoms with Crippen LogP contribution in [0.1, 0.15) is 13.3 Å². The maximum absolute atomic E-state index is 10.8. The molecule has 0 bridgehead atoms. The minimum absolute atomic E-state index is 0.184. The molecule has 0 fully saturated rings. The lowest BCUT2D eigenvalue weighted by atomic mass is 10.3. The Morgan fingerprint density at radius 2 is 2.40 bits per heavy atom. The van der Waals surface area contributed by atoms with Gasteiger partial charge in [0, 0.05) is 12.3 Å². The zero-order valence-corrected chi connectivity index (χ0v) is 8.86. The Bertz CT molecular complexity index is 249. The average Bonchev–Trinajstić information content (AvgIpc) is 2.18. The Morgan fingerprint density at radius 1 is 1.67 bits per heavy atom. The molecule has 1 N–H and O–H groups in total. The van der Waals surface area contributed by atoms with Crippen LogP contribution in [0.15, 0.2) is 12.7 Å². The van der Waals surface area contributed by atoms with Crippen LogP contribution in [0.2, 0.25) is 0 Å². The second kappa shape index (κ2) is 9.25. The Morgan fingerprint density at radius 3 is 3.00 bits per heavy atom. The highest BCUT2D eigenvalue weighted by Gasteiger charge is 2.01. The van der Waals surface area contributed by atoms with Crippen LogP contribution >= 0.6 is 0 Å². The predicted octanol–water partition coefficient (Wildman–Crippen LogP) is 0.507. The van der Waals surface area contributed by atoms with Gasteiger partial charge in [-0.1, -0.05) is 12.0 Å². The lowest BCUT2D eigenvalue weighted by Crippen LogP contribution is -2.14. The first-order valence-corrected chi connectivity index (χ1v) is 4.73. The fourth-order valence-corrected chi connectivity index (χ4v) is 0.755. The van der Waals surface area contributed by atoms with Crippen LogP contribution in [0.4, 0.5) is 0 Å². The summed E-state index contributed by atoms with van der Waals surface area (Å²) in [7, 11) is 0. The smallest absolute Gasteiger partial charge is 0.384 e. The third kappa shape index (κ3) is 9.01. The molecule has 0 heterocycles. The molecule has 1 atom stereocenters. The topological polar surface area (TPSA) is 55.8 Å². The van der Waals surface area contributed by atoms with Gasteiger partial charge in [0.05, 0.1) is 25.9 Å². The van der Waals surface area contributed by atoms with Gasteiger partial charge >= 0.3 is 5.97 Å². The van der Waals surface area contributed by atoms with Crippen LogP contribution in [0.5, 0.6) is 0 Å². The number of aliphatic hydroxyl groups is 1. The molecule has 0 aromatic heterocycles. The van der Waals surface area contributed by atoms with Crippen molar-refractivity contribution in [3.05, 3.63) is 12.7 Å². The first-order chi connectivity index (χ1) is 7.20. The molecule has 0 spiro atoms. The number of ether oxygens (including phenoxy) is 2. The summed E-state index contributed by atoms with van der Waals surface area (Å²) in [6, 6.07) is 0. The normalized spacial score (nSPS) is 11.1. The van der Waals surface area contributed by atoms with Crippen LogP contribution in [0, 0.1) is 11.8 Å². The molecular formula is C11H16O4. The molecule has 0 aromatic carbocycles. The highest BCUT2D eigenvalue weighted by atomic mass is 16.5. The molecule has 84 valence electrons. The molecule has 0 radical (unpaired) electrons. The summed E-state index contributed by atoms with van der Waals surface area (Å²) in [5.74, 6) is 4.20. The minimum atomic E-state index is -0.688. The van der Waals surface area contributed by atoms with Gasteiger partial charge in [0.25, 0.3) is 0 Å². The number of carbonyl (C=O) groups is 1. The molecule has 0 saturated carbocycles. The van der Waals surface area contributed by atoms with E-state index in [9.17, 15) is 9.90 Å². The fourth-order valence-electron chi connectivity index (χ4n) is 0.755. The van der Waals surface area contributed by atoms with Crippen molar-refractivity contribution in [1.29, 1.82) is 0 Å². The molecule has 4 heteroatoms. The van der Waals surface area contributed by atoms with Gasteiger partial charge in [-0.05, 0) is 6.92 Å². The molecule has 0 aliphatic rings. The second-order valence-electron chi connectivity index (χ2n) is 2.71. The molecule has 0 unspecified atom stereocenters. The van der Waals surface area contributed by atoms with E-state index in [4.69, 9.17) is 4.74 Å². The van der Waals surface area contributed by atoms with E-state index in [1.54, 1.807) is 13.0 Å². The van der Waals surface area contributed by atoms with E-state index in [1.807, 2.05) is 0 Å². The SMILES string of the molecule is C=CCOC[C@H](O)CC#CC(=O)OCC. The zero-order valence-electron chi connectivity index (χ0n) is 8.86. The molecule has 0 aliphatic carbocycles. The minimum Gasteiger partial charge on any atom is -0.456 e. The van der Waals surface area contributed by atoms with Gasteiger partial charge in [-0.2, -0.15) is 0 Å². The number of hydrogen-bond donors (Lipinski definition) is 1. The van der Waals surface area contributed by atoms with Gasteiger partial charge in [-0.3, -0.25) is 0 Å². The summed E-state index contributed by atoms with van der Waals surface area (Å²) in [6.07, 6.45) is 1.10. The summed E-state index contributed by atoms with van der Waals surface area (Å²) < 4.78 is 9.58.